The Bertz CT molecular complexity index is 1230. The van der Waals surface area contributed by atoms with Crippen molar-refractivity contribution in [1.29, 1.82) is 0 Å². The molecule has 0 atom stereocenters. The van der Waals surface area contributed by atoms with E-state index in [1.54, 1.807) is 11.2 Å². The van der Waals surface area contributed by atoms with Crippen LogP contribution in [-0.2, 0) is 11.3 Å². The molecule has 1 amide bonds. The number of aromatic nitrogens is 1. The van der Waals surface area contributed by atoms with E-state index < -0.39 is 0 Å². The average molecular weight is 428 g/mol. The molecule has 1 fully saturated rings. The normalized spacial score (nSPS) is 14.0. The number of anilines is 1. The van der Waals surface area contributed by atoms with Crippen LogP contribution < -0.4 is 4.90 Å². The fraction of sp³-hybridized carbons (Fsp3) is 0.231. The van der Waals surface area contributed by atoms with Gasteiger partial charge in [-0.2, -0.15) is 0 Å². The van der Waals surface area contributed by atoms with Gasteiger partial charge in [0.2, 0.25) is 0 Å². The zero-order valence-electron chi connectivity index (χ0n) is 18.0. The number of hydrogen-bond donors (Lipinski definition) is 0. The van der Waals surface area contributed by atoms with Crippen molar-refractivity contribution < 1.29 is 13.9 Å². The molecule has 3 heterocycles. The Kier molecular flexibility index (Phi) is 5.60. The van der Waals surface area contributed by atoms with Gasteiger partial charge < -0.3 is 19.0 Å². The standard InChI is InChI=1S/C26H25N3O3/c1-28(18-19-7-2-5-10-24(19)29-12-15-31-16-13-29)26(30)21-17-23(25-11-6-14-32-25)27-22-9-4-3-8-20(21)22/h2-11,14,17H,12-13,15-16,18H2,1H3. The van der Waals surface area contributed by atoms with Gasteiger partial charge in [0.1, 0.15) is 5.69 Å². The van der Waals surface area contributed by atoms with Crippen molar-refractivity contribution in [3.8, 4) is 11.5 Å². The van der Waals surface area contributed by atoms with Crippen molar-refractivity contribution in [2.45, 2.75) is 6.54 Å². The minimum atomic E-state index is -0.0480. The molecule has 0 spiro atoms. The van der Waals surface area contributed by atoms with Gasteiger partial charge in [0.05, 0.1) is 30.6 Å². The molecule has 2 aromatic heterocycles. The maximum Gasteiger partial charge on any atom is 0.254 e. The second-order valence-corrected chi connectivity index (χ2v) is 7.94. The van der Waals surface area contributed by atoms with Crippen LogP contribution in [0, 0.1) is 0 Å². The second-order valence-electron chi connectivity index (χ2n) is 7.94. The van der Waals surface area contributed by atoms with Gasteiger partial charge in [0.15, 0.2) is 5.76 Å². The predicted octanol–water partition coefficient (Wildman–Crippen LogP) is 4.60. The molecule has 32 heavy (non-hydrogen) atoms. The Morgan fingerprint density at radius 3 is 2.62 bits per heavy atom. The molecule has 162 valence electrons. The lowest BCUT2D eigenvalue weighted by Gasteiger charge is -2.31. The largest absolute Gasteiger partial charge is 0.463 e. The minimum Gasteiger partial charge on any atom is -0.463 e. The number of para-hydroxylation sites is 2. The molecule has 5 rings (SSSR count). The van der Waals surface area contributed by atoms with Gasteiger partial charge in [-0.05, 0) is 35.9 Å². The summed E-state index contributed by atoms with van der Waals surface area (Å²) in [5.74, 6) is 0.596. The van der Waals surface area contributed by atoms with E-state index in [1.165, 1.54) is 0 Å². The molecule has 0 radical (unpaired) electrons. The summed E-state index contributed by atoms with van der Waals surface area (Å²) in [5.41, 5.74) is 4.32. The lowest BCUT2D eigenvalue weighted by molar-refractivity contribution is 0.0786. The topological polar surface area (TPSA) is 58.8 Å². The SMILES string of the molecule is CN(Cc1ccccc1N1CCOCC1)C(=O)c1cc(-c2ccco2)nc2ccccc12. The molecular formula is C26H25N3O3. The summed E-state index contributed by atoms with van der Waals surface area (Å²) >= 11 is 0. The molecule has 0 unspecified atom stereocenters. The lowest BCUT2D eigenvalue weighted by atomic mass is 10.0. The molecule has 0 bridgehead atoms. The number of rotatable bonds is 5. The summed E-state index contributed by atoms with van der Waals surface area (Å²) in [5, 5.41) is 0.834. The van der Waals surface area contributed by atoms with E-state index >= 15 is 0 Å². The summed E-state index contributed by atoms with van der Waals surface area (Å²) in [6.07, 6.45) is 1.61. The van der Waals surface area contributed by atoms with Crippen LogP contribution in [0.5, 0.6) is 0 Å². The summed E-state index contributed by atoms with van der Waals surface area (Å²) in [6, 6.07) is 21.5. The number of carbonyl (C=O) groups is 1. The molecular weight excluding hydrogens is 402 g/mol. The van der Waals surface area contributed by atoms with E-state index in [0.717, 1.165) is 48.5 Å². The Labute approximate surface area is 187 Å². The third-order valence-corrected chi connectivity index (χ3v) is 5.82. The first-order chi connectivity index (χ1) is 15.7. The predicted molar refractivity (Wildman–Crippen MR) is 125 cm³/mol. The number of furan rings is 1. The maximum absolute atomic E-state index is 13.6. The van der Waals surface area contributed by atoms with E-state index in [1.807, 2.05) is 61.6 Å². The Balaban J connectivity index is 1.47. The zero-order valence-corrected chi connectivity index (χ0v) is 18.0. The Morgan fingerprint density at radius 1 is 1.03 bits per heavy atom. The molecule has 0 aliphatic carbocycles. The molecule has 1 aliphatic heterocycles. The highest BCUT2D eigenvalue weighted by molar-refractivity contribution is 6.07. The second kappa shape index (κ2) is 8.85. The summed E-state index contributed by atoms with van der Waals surface area (Å²) < 4.78 is 11.0. The van der Waals surface area contributed by atoms with Crippen molar-refractivity contribution in [2.24, 2.45) is 0 Å². The summed E-state index contributed by atoms with van der Waals surface area (Å²) in [4.78, 5) is 22.4. The Morgan fingerprint density at radius 2 is 1.81 bits per heavy atom. The summed E-state index contributed by atoms with van der Waals surface area (Å²) in [6.45, 7) is 3.68. The maximum atomic E-state index is 13.6. The number of ether oxygens (including phenoxy) is 1. The minimum absolute atomic E-state index is 0.0480. The number of carbonyl (C=O) groups excluding carboxylic acids is 1. The first kappa shape index (κ1) is 20.3. The molecule has 1 aliphatic rings. The summed E-state index contributed by atoms with van der Waals surface area (Å²) in [7, 11) is 1.85. The quantitative estimate of drug-likeness (QED) is 0.466. The Hall–Kier alpha value is -3.64. The van der Waals surface area contributed by atoms with Crippen molar-refractivity contribution in [3.05, 3.63) is 84.1 Å². The van der Waals surface area contributed by atoms with Gasteiger partial charge in [-0.15, -0.1) is 0 Å². The van der Waals surface area contributed by atoms with Gasteiger partial charge in [-0.25, -0.2) is 4.98 Å². The van der Waals surface area contributed by atoms with E-state index in [9.17, 15) is 4.79 Å². The molecule has 1 saturated heterocycles. The molecule has 6 heteroatoms. The molecule has 0 saturated carbocycles. The van der Waals surface area contributed by atoms with Gasteiger partial charge in [-0.1, -0.05) is 36.4 Å². The van der Waals surface area contributed by atoms with Crippen LogP contribution in [-0.4, -0.2) is 49.1 Å². The van der Waals surface area contributed by atoms with Gasteiger partial charge in [0.25, 0.3) is 5.91 Å². The highest BCUT2D eigenvalue weighted by Crippen LogP contribution is 2.27. The van der Waals surface area contributed by atoms with Gasteiger partial charge in [0, 0.05) is 37.8 Å². The van der Waals surface area contributed by atoms with Crippen LogP contribution in [0.1, 0.15) is 15.9 Å². The zero-order chi connectivity index (χ0) is 21.9. The van der Waals surface area contributed by atoms with Gasteiger partial charge >= 0.3 is 0 Å². The van der Waals surface area contributed by atoms with Crippen molar-refractivity contribution in [3.63, 3.8) is 0 Å². The van der Waals surface area contributed by atoms with Crippen molar-refractivity contribution >= 4 is 22.5 Å². The van der Waals surface area contributed by atoms with E-state index in [2.05, 4.69) is 17.0 Å². The highest BCUT2D eigenvalue weighted by Gasteiger charge is 2.21. The molecule has 2 aromatic carbocycles. The van der Waals surface area contributed by atoms with Crippen LogP contribution in [0.25, 0.3) is 22.4 Å². The van der Waals surface area contributed by atoms with Crippen LogP contribution in [0.3, 0.4) is 0 Å². The van der Waals surface area contributed by atoms with Crippen LogP contribution in [0.15, 0.2) is 77.4 Å². The van der Waals surface area contributed by atoms with Crippen LogP contribution >= 0.6 is 0 Å². The monoisotopic (exact) mass is 427 g/mol. The first-order valence-corrected chi connectivity index (χ1v) is 10.8. The highest BCUT2D eigenvalue weighted by atomic mass is 16.5. The number of nitrogens with zero attached hydrogens (tertiary/aromatic N) is 3. The number of pyridine rings is 1. The number of fused-ring (bicyclic) bond motifs is 1. The van der Waals surface area contributed by atoms with E-state index in [-0.39, 0.29) is 5.91 Å². The fourth-order valence-corrected chi connectivity index (χ4v) is 4.19. The third-order valence-electron chi connectivity index (χ3n) is 5.82. The van der Waals surface area contributed by atoms with E-state index in [4.69, 9.17) is 14.1 Å². The number of amides is 1. The van der Waals surface area contributed by atoms with Crippen LogP contribution in [0.2, 0.25) is 0 Å². The molecule has 4 aromatic rings. The number of morpholine rings is 1. The third kappa shape index (κ3) is 3.97. The molecule has 0 N–H and O–H groups in total. The van der Waals surface area contributed by atoms with Crippen molar-refractivity contribution in [1.82, 2.24) is 9.88 Å². The average Bonchev–Trinajstić information content (AvgIpc) is 3.39. The number of benzene rings is 2. The van der Waals surface area contributed by atoms with Crippen molar-refractivity contribution in [2.75, 3.05) is 38.3 Å². The number of hydrogen-bond acceptors (Lipinski definition) is 5. The molecule has 6 nitrogen and oxygen atoms in total. The van der Waals surface area contributed by atoms with Crippen LogP contribution in [0.4, 0.5) is 5.69 Å². The van der Waals surface area contributed by atoms with E-state index in [0.29, 0.717) is 23.6 Å². The van der Waals surface area contributed by atoms with Gasteiger partial charge in [-0.3, -0.25) is 4.79 Å². The lowest BCUT2D eigenvalue weighted by Crippen LogP contribution is -2.37. The first-order valence-electron chi connectivity index (χ1n) is 10.8. The smallest absolute Gasteiger partial charge is 0.254 e. The fourth-order valence-electron chi connectivity index (χ4n) is 4.19.